The SMILES string of the molecule is CCSCC(C)NCC(C(=O)OC)c1ccccc1. The summed E-state index contributed by atoms with van der Waals surface area (Å²) in [6, 6.07) is 10.2. The monoisotopic (exact) mass is 281 g/mol. The van der Waals surface area contributed by atoms with E-state index in [4.69, 9.17) is 4.74 Å². The van der Waals surface area contributed by atoms with Gasteiger partial charge in [-0.15, -0.1) is 0 Å². The normalized spacial score (nSPS) is 13.8. The van der Waals surface area contributed by atoms with Gasteiger partial charge in [-0.3, -0.25) is 4.79 Å². The van der Waals surface area contributed by atoms with Crippen LogP contribution in [0.4, 0.5) is 0 Å². The third-order valence-corrected chi connectivity index (χ3v) is 4.07. The van der Waals surface area contributed by atoms with Crippen molar-refractivity contribution in [1.82, 2.24) is 5.32 Å². The highest BCUT2D eigenvalue weighted by Gasteiger charge is 2.21. The first-order valence-electron chi connectivity index (χ1n) is 6.63. The molecule has 0 amide bonds. The number of rotatable bonds is 8. The quantitative estimate of drug-likeness (QED) is 0.744. The van der Waals surface area contributed by atoms with Gasteiger partial charge in [-0.25, -0.2) is 0 Å². The summed E-state index contributed by atoms with van der Waals surface area (Å²) in [4.78, 5) is 11.9. The maximum Gasteiger partial charge on any atom is 0.314 e. The molecule has 0 spiro atoms. The van der Waals surface area contributed by atoms with Crippen LogP contribution in [0.3, 0.4) is 0 Å². The fraction of sp³-hybridized carbons (Fsp3) is 0.533. The molecule has 0 aliphatic carbocycles. The summed E-state index contributed by atoms with van der Waals surface area (Å²) in [7, 11) is 1.44. The molecular formula is C15H23NO2S. The summed E-state index contributed by atoms with van der Waals surface area (Å²) >= 11 is 1.90. The number of benzene rings is 1. The largest absolute Gasteiger partial charge is 0.469 e. The third kappa shape index (κ3) is 5.66. The Morgan fingerprint density at radius 1 is 1.37 bits per heavy atom. The lowest BCUT2D eigenvalue weighted by Gasteiger charge is -2.19. The van der Waals surface area contributed by atoms with E-state index in [1.807, 2.05) is 42.1 Å². The fourth-order valence-corrected chi connectivity index (χ4v) is 2.54. The minimum absolute atomic E-state index is 0.186. The molecule has 1 N–H and O–H groups in total. The molecule has 3 nitrogen and oxygen atoms in total. The molecule has 0 heterocycles. The van der Waals surface area contributed by atoms with E-state index in [1.54, 1.807) is 0 Å². The van der Waals surface area contributed by atoms with Crippen molar-refractivity contribution >= 4 is 17.7 Å². The van der Waals surface area contributed by atoms with Crippen molar-refractivity contribution in [2.75, 3.05) is 25.2 Å². The van der Waals surface area contributed by atoms with Gasteiger partial charge in [-0.05, 0) is 18.2 Å². The van der Waals surface area contributed by atoms with Crippen LogP contribution in [-0.4, -0.2) is 37.2 Å². The molecule has 0 saturated heterocycles. The van der Waals surface area contributed by atoms with Crippen LogP contribution in [0.25, 0.3) is 0 Å². The van der Waals surface area contributed by atoms with Gasteiger partial charge in [-0.2, -0.15) is 11.8 Å². The minimum Gasteiger partial charge on any atom is -0.469 e. The number of hydrogen-bond donors (Lipinski definition) is 1. The summed E-state index contributed by atoms with van der Waals surface area (Å²) in [5, 5.41) is 3.41. The van der Waals surface area contributed by atoms with Gasteiger partial charge in [0.25, 0.3) is 0 Å². The van der Waals surface area contributed by atoms with Gasteiger partial charge in [-0.1, -0.05) is 37.3 Å². The van der Waals surface area contributed by atoms with Crippen LogP contribution in [-0.2, 0) is 9.53 Å². The number of esters is 1. The molecule has 2 unspecified atom stereocenters. The second-order valence-corrected chi connectivity index (χ2v) is 5.77. The Kier molecular flexibility index (Phi) is 7.60. The van der Waals surface area contributed by atoms with Gasteiger partial charge in [0, 0.05) is 18.3 Å². The molecule has 1 rings (SSSR count). The number of thioether (sulfide) groups is 1. The predicted molar refractivity (Wildman–Crippen MR) is 81.7 cm³/mol. The zero-order chi connectivity index (χ0) is 14.1. The highest BCUT2D eigenvalue weighted by molar-refractivity contribution is 7.99. The lowest BCUT2D eigenvalue weighted by molar-refractivity contribution is -0.142. The van der Waals surface area contributed by atoms with E-state index in [2.05, 4.69) is 19.2 Å². The molecular weight excluding hydrogens is 258 g/mol. The van der Waals surface area contributed by atoms with E-state index in [0.717, 1.165) is 17.1 Å². The van der Waals surface area contributed by atoms with Crippen molar-refractivity contribution in [3.63, 3.8) is 0 Å². The first-order chi connectivity index (χ1) is 9.19. The lowest BCUT2D eigenvalue weighted by Crippen LogP contribution is -2.35. The number of carbonyl (C=O) groups excluding carboxylic acids is 1. The average molecular weight is 281 g/mol. The maximum atomic E-state index is 11.9. The van der Waals surface area contributed by atoms with Crippen molar-refractivity contribution in [3.8, 4) is 0 Å². The summed E-state index contributed by atoms with van der Waals surface area (Å²) in [6.45, 7) is 4.91. The van der Waals surface area contributed by atoms with Crippen molar-refractivity contribution in [1.29, 1.82) is 0 Å². The van der Waals surface area contributed by atoms with E-state index in [0.29, 0.717) is 12.6 Å². The Morgan fingerprint density at radius 2 is 2.05 bits per heavy atom. The fourth-order valence-electron chi connectivity index (χ4n) is 1.84. The summed E-state index contributed by atoms with van der Waals surface area (Å²) in [5.74, 6) is 1.75. The van der Waals surface area contributed by atoms with Gasteiger partial charge in [0.15, 0.2) is 0 Å². The van der Waals surface area contributed by atoms with E-state index < -0.39 is 0 Å². The first-order valence-corrected chi connectivity index (χ1v) is 7.78. The third-order valence-electron chi connectivity index (χ3n) is 2.93. The Hall–Kier alpha value is -1.00. The summed E-state index contributed by atoms with van der Waals surface area (Å²) in [6.07, 6.45) is 0. The Bertz CT molecular complexity index is 370. The van der Waals surface area contributed by atoms with Crippen LogP contribution in [0.15, 0.2) is 30.3 Å². The first kappa shape index (κ1) is 16.1. The number of ether oxygens (including phenoxy) is 1. The van der Waals surface area contributed by atoms with Gasteiger partial charge in [0.2, 0.25) is 0 Å². The Labute approximate surface area is 120 Å². The number of carbonyl (C=O) groups is 1. The molecule has 0 bridgehead atoms. The van der Waals surface area contributed by atoms with Gasteiger partial charge in [0.1, 0.15) is 0 Å². The second kappa shape index (κ2) is 8.99. The van der Waals surface area contributed by atoms with Crippen molar-refractivity contribution in [3.05, 3.63) is 35.9 Å². The van der Waals surface area contributed by atoms with Crippen molar-refractivity contribution < 1.29 is 9.53 Å². The van der Waals surface area contributed by atoms with E-state index >= 15 is 0 Å². The van der Waals surface area contributed by atoms with E-state index in [1.165, 1.54) is 7.11 Å². The van der Waals surface area contributed by atoms with Gasteiger partial charge >= 0.3 is 5.97 Å². The molecule has 1 aromatic carbocycles. The number of nitrogens with one attached hydrogen (secondary N) is 1. The Balaban J connectivity index is 2.59. The summed E-state index contributed by atoms with van der Waals surface area (Å²) < 4.78 is 4.90. The molecule has 0 fully saturated rings. The number of hydrogen-bond acceptors (Lipinski definition) is 4. The van der Waals surface area contributed by atoms with Crippen LogP contribution in [0.1, 0.15) is 25.3 Å². The molecule has 0 aliphatic rings. The van der Waals surface area contributed by atoms with Crippen LogP contribution < -0.4 is 5.32 Å². The van der Waals surface area contributed by atoms with E-state index in [-0.39, 0.29) is 11.9 Å². The minimum atomic E-state index is -0.236. The van der Waals surface area contributed by atoms with Gasteiger partial charge in [0.05, 0.1) is 13.0 Å². The standard InChI is InChI=1S/C15H23NO2S/c1-4-19-11-12(2)16-10-14(15(17)18-3)13-8-6-5-7-9-13/h5-9,12,14,16H,4,10-11H2,1-3H3. The van der Waals surface area contributed by atoms with Crippen LogP contribution in [0.2, 0.25) is 0 Å². The number of methoxy groups -OCH3 is 1. The van der Waals surface area contributed by atoms with Crippen LogP contribution in [0, 0.1) is 0 Å². The molecule has 4 heteroatoms. The van der Waals surface area contributed by atoms with Crippen LogP contribution >= 0.6 is 11.8 Å². The summed E-state index contributed by atoms with van der Waals surface area (Å²) in [5.41, 5.74) is 0.997. The molecule has 2 atom stereocenters. The van der Waals surface area contributed by atoms with E-state index in [9.17, 15) is 4.79 Å². The highest BCUT2D eigenvalue weighted by atomic mass is 32.2. The average Bonchev–Trinajstić information content (AvgIpc) is 2.46. The topological polar surface area (TPSA) is 38.3 Å². The lowest BCUT2D eigenvalue weighted by atomic mass is 9.99. The zero-order valence-corrected chi connectivity index (χ0v) is 12.7. The molecule has 0 saturated carbocycles. The Morgan fingerprint density at radius 3 is 2.63 bits per heavy atom. The molecule has 19 heavy (non-hydrogen) atoms. The van der Waals surface area contributed by atoms with Gasteiger partial charge < -0.3 is 10.1 Å². The highest BCUT2D eigenvalue weighted by Crippen LogP contribution is 2.16. The molecule has 106 valence electrons. The molecule has 0 radical (unpaired) electrons. The molecule has 0 aromatic heterocycles. The predicted octanol–water partition coefficient (Wildman–Crippen LogP) is 2.67. The van der Waals surface area contributed by atoms with Crippen molar-refractivity contribution in [2.24, 2.45) is 0 Å². The maximum absolute atomic E-state index is 11.9. The van der Waals surface area contributed by atoms with Crippen molar-refractivity contribution in [2.45, 2.75) is 25.8 Å². The molecule has 1 aromatic rings. The second-order valence-electron chi connectivity index (χ2n) is 4.46. The molecule has 0 aliphatic heterocycles. The van der Waals surface area contributed by atoms with Crippen LogP contribution in [0.5, 0.6) is 0 Å². The zero-order valence-electron chi connectivity index (χ0n) is 11.9. The smallest absolute Gasteiger partial charge is 0.314 e.